The number of ketones is 2. The lowest BCUT2D eigenvalue weighted by Gasteiger charge is -2.13. The molecule has 0 aromatic heterocycles. The number of carbonyl (C=O) groups excluding carboxylic acids is 2. The Bertz CT molecular complexity index is 1120. The van der Waals surface area contributed by atoms with Gasteiger partial charge in [0.25, 0.3) is 5.78 Å². The van der Waals surface area contributed by atoms with Gasteiger partial charge < -0.3 is 19.3 Å². The molecule has 4 rings (SSSR count). The summed E-state index contributed by atoms with van der Waals surface area (Å²) in [6, 6.07) is 21.8. The van der Waals surface area contributed by atoms with Crippen LogP contribution in [-0.2, 0) is 22.8 Å². The third-order valence-corrected chi connectivity index (χ3v) is 4.70. The normalized spacial score (nSPS) is 14.5. The van der Waals surface area contributed by atoms with E-state index >= 15 is 0 Å². The standard InChI is InChI=1S/C24H18O7/c25-21-20-18(30-14-16-9-5-2-6-10-16)11-17(29-13-15-7-3-1-4-8-15)12-19(20)31-23(21)22(26)24(27)28/h1-12,23H,13-14H2,(H,27,28). The number of carbonyl (C=O) groups is 3. The summed E-state index contributed by atoms with van der Waals surface area (Å²) >= 11 is 0. The van der Waals surface area contributed by atoms with E-state index in [1.807, 2.05) is 60.7 Å². The Morgan fingerprint density at radius 1 is 0.871 bits per heavy atom. The van der Waals surface area contributed by atoms with Crippen LogP contribution in [0.2, 0.25) is 0 Å². The number of rotatable bonds is 8. The molecule has 7 heteroatoms. The van der Waals surface area contributed by atoms with Crippen molar-refractivity contribution < 1.29 is 33.7 Å². The summed E-state index contributed by atoms with van der Waals surface area (Å²) in [6.45, 7) is 0.434. The van der Waals surface area contributed by atoms with Gasteiger partial charge in [0.2, 0.25) is 11.9 Å². The fourth-order valence-electron chi connectivity index (χ4n) is 3.17. The minimum atomic E-state index is -1.74. The zero-order chi connectivity index (χ0) is 21.8. The number of hydrogen-bond donors (Lipinski definition) is 1. The van der Waals surface area contributed by atoms with Crippen molar-refractivity contribution in [1.29, 1.82) is 0 Å². The largest absolute Gasteiger partial charge is 0.489 e. The van der Waals surface area contributed by atoms with Crippen LogP contribution in [0.1, 0.15) is 21.5 Å². The predicted molar refractivity (Wildman–Crippen MR) is 109 cm³/mol. The van der Waals surface area contributed by atoms with E-state index < -0.39 is 23.6 Å². The number of ether oxygens (including phenoxy) is 3. The molecule has 31 heavy (non-hydrogen) atoms. The van der Waals surface area contributed by atoms with Crippen molar-refractivity contribution in [2.75, 3.05) is 0 Å². The van der Waals surface area contributed by atoms with E-state index in [4.69, 9.17) is 19.3 Å². The van der Waals surface area contributed by atoms with Gasteiger partial charge in [-0.3, -0.25) is 9.59 Å². The molecule has 0 aliphatic carbocycles. The van der Waals surface area contributed by atoms with Crippen LogP contribution in [0.3, 0.4) is 0 Å². The molecule has 0 saturated carbocycles. The van der Waals surface area contributed by atoms with Gasteiger partial charge in [0.15, 0.2) is 0 Å². The van der Waals surface area contributed by atoms with Gasteiger partial charge in [0.1, 0.15) is 36.0 Å². The third-order valence-electron chi connectivity index (χ3n) is 4.70. The first kappa shape index (κ1) is 20.2. The second-order valence-electron chi connectivity index (χ2n) is 6.87. The maximum Gasteiger partial charge on any atom is 0.376 e. The number of carboxylic acid groups (broad SMARTS) is 1. The van der Waals surface area contributed by atoms with E-state index in [9.17, 15) is 14.4 Å². The van der Waals surface area contributed by atoms with Crippen LogP contribution in [0, 0.1) is 0 Å². The Hall–Kier alpha value is -4.13. The van der Waals surface area contributed by atoms with E-state index in [0.717, 1.165) is 11.1 Å². The molecule has 3 aromatic carbocycles. The number of benzene rings is 3. The van der Waals surface area contributed by atoms with E-state index in [1.165, 1.54) is 6.07 Å². The molecule has 1 N–H and O–H groups in total. The Labute approximate surface area is 177 Å². The van der Waals surface area contributed by atoms with Gasteiger partial charge in [0, 0.05) is 12.1 Å². The third kappa shape index (κ3) is 4.40. The average molecular weight is 418 g/mol. The molecule has 0 amide bonds. The van der Waals surface area contributed by atoms with Crippen molar-refractivity contribution in [3.8, 4) is 17.2 Å². The van der Waals surface area contributed by atoms with Crippen LogP contribution in [0.5, 0.6) is 17.2 Å². The van der Waals surface area contributed by atoms with Crippen molar-refractivity contribution in [3.05, 3.63) is 89.5 Å². The summed E-state index contributed by atoms with van der Waals surface area (Å²) in [5.74, 6) is -3.24. The molecule has 1 heterocycles. The van der Waals surface area contributed by atoms with Gasteiger partial charge in [-0.25, -0.2) is 4.79 Å². The van der Waals surface area contributed by atoms with Crippen LogP contribution >= 0.6 is 0 Å². The quantitative estimate of drug-likeness (QED) is 0.442. The highest BCUT2D eigenvalue weighted by atomic mass is 16.5. The number of carboxylic acids is 1. The van der Waals surface area contributed by atoms with Crippen LogP contribution in [-0.4, -0.2) is 28.7 Å². The Morgan fingerprint density at radius 2 is 1.45 bits per heavy atom. The molecule has 7 nitrogen and oxygen atoms in total. The molecular weight excluding hydrogens is 400 g/mol. The highest BCUT2D eigenvalue weighted by Crippen LogP contribution is 2.40. The number of aliphatic carboxylic acids is 1. The molecule has 1 unspecified atom stereocenters. The Kier molecular flexibility index (Phi) is 5.66. The van der Waals surface area contributed by atoms with E-state index in [1.54, 1.807) is 6.07 Å². The molecule has 156 valence electrons. The fourth-order valence-corrected chi connectivity index (χ4v) is 3.17. The van der Waals surface area contributed by atoms with Crippen molar-refractivity contribution in [2.45, 2.75) is 19.3 Å². The average Bonchev–Trinajstić information content (AvgIpc) is 3.13. The van der Waals surface area contributed by atoms with Gasteiger partial charge in [0.05, 0.1) is 0 Å². The molecule has 0 bridgehead atoms. The van der Waals surface area contributed by atoms with Crippen LogP contribution in [0.4, 0.5) is 0 Å². The van der Waals surface area contributed by atoms with Gasteiger partial charge >= 0.3 is 5.97 Å². The number of fused-ring (bicyclic) bond motifs is 1. The van der Waals surface area contributed by atoms with Crippen molar-refractivity contribution in [3.63, 3.8) is 0 Å². The summed E-state index contributed by atoms with van der Waals surface area (Å²) in [6.07, 6.45) is -1.74. The smallest absolute Gasteiger partial charge is 0.376 e. The number of Topliss-reactive ketones (excluding diaryl/α,β-unsaturated/α-hetero) is 2. The van der Waals surface area contributed by atoms with Crippen LogP contribution < -0.4 is 14.2 Å². The second kappa shape index (κ2) is 8.71. The van der Waals surface area contributed by atoms with E-state index in [-0.39, 0.29) is 30.3 Å². The second-order valence-corrected chi connectivity index (χ2v) is 6.87. The first-order chi connectivity index (χ1) is 15.0. The topological polar surface area (TPSA) is 99.1 Å². The minimum absolute atomic E-state index is 0.0302. The van der Waals surface area contributed by atoms with E-state index in [0.29, 0.717) is 5.75 Å². The lowest BCUT2D eigenvalue weighted by molar-refractivity contribution is -0.151. The molecule has 0 spiro atoms. The molecule has 3 aromatic rings. The molecule has 0 radical (unpaired) electrons. The minimum Gasteiger partial charge on any atom is -0.489 e. The van der Waals surface area contributed by atoms with Crippen LogP contribution in [0.15, 0.2) is 72.8 Å². The maximum atomic E-state index is 12.7. The maximum absolute atomic E-state index is 12.7. The molecule has 1 atom stereocenters. The zero-order valence-electron chi connectivity index (χ0n) is 16.3. The Balaban J connectivity index is 1.63. The molecule has 0 saturated heterocycles. The summed E-state index contributed by atoms with van der Waals surface area (Å²) in [5, 5.41) is 8.99. The van der Waals surface area contributed by atoms with Gasteiger partial charge in [-0.15, -0.1) is 0 Å². The summed E-state index contributed by atoms with van der Waals surface area (Å²) in [4.78, 5) is 35.7. The monoisotopic (exact) mass is 418 g/mol. The molecular formula is C24H18O7. The van der Waals surface area contributed by atoms with E-state index in [2.05, 4.69) is 0 Å². The predicted octanol–water partition coefficient (Wildman–Crippen LogP) is 3.44. The zero-order valence-corrected chi connectivity index (χ0v) is 16.3. The number of hydrogen-bond acceptors (Lipinski definition) is 6. The highest BCUT2D eigenvalue weighted by molar-refractivity contribution is 6.41. The lowest BCUT2D eigenvalue weighted by atomic mass is 10.0. The summed E-state index contributed by atoms with van der Waals surface area (Å²) < 4.78 is 17.1. The fraction of sp³-hybridized carbons (Fsp3) is 0.125. The van der Waals surface area contributed by atoms with Gasteiger partial charge in [-0.1, -0.05) is 60.7 Å². The van der Waals surface area contributed by atoms with Crippen molar-refractivity contribution in [1.82, 2.24) is 0 Å². The first-order valence-corrected chi connectivity index (χ1v) is 9.52. The highest BCUT2D eigenvalue weighted by Gasteiger charge is 2.43. The first-order valence-electron chi connectivity index (χ1n) is 9.52. The lowest BCUT2D eigenvalue weighted by Crippen LogP contribution is -2.36. The molecule has 1 aliphatic rings. The SMILES string of the molecule is O=C(O)C(=O)C1Oc2cc(OCc3ccccc3)cc(OCc3ccccc3)c2C1=O. The van der Waals surface area contributed by atoms with Crippen molar-refractivity contribution in [2.24, 2.45) is 0 Å². The Morgan fingerprint density at radius 3 is 2.03 bits per heavy atom. The van der Waals surface area contributed by atoms with Crippen molar-refractivity contribution >= 4 is 17.5 Å². The summed E-state index contributed by atoms with van der Waals surface area (Å²) in [5.41, 5.74) is 1.84. The van der Waals surface area contributed by atoms with Gasteiger partial charge in [-0.2, -0.15) is 0 Å². The van der Waals surface area contributed by atoms with Crippen LogP contribution in [0.25, 0.3) is 0 Å². The molecule has 1 aliphatic heterocycles. The molecule has 0 fully saturated rings. The summed E-state index contributed by atoms with van der Waals surface area (Å²) in [7, 11) is 0. The van der Waals surface area contributed by atoms with Gasteiger partial charge in [-0.05, 0) is 11.1 Å².